The quantitative estimate of drug-likeness (QED) is 0.300. The Morgan fingerprint density at radius 2 is 1.45 bits per heavy atom. The van der Waals surface area contributed by atoms with Gasteiger partial charge in [0.25, 0.3) is 0 Å². The summed E-state index contributed by atoms with van der Waals surface area (Å²) in [6.07, 6.45) is -0.875. The number of ether oxygens (including phenoxy) is 3. The monoisotopic (exact) mass is 509 g/mol. The minimum absolute atomic E-state index is 0.0202. The molecule has 2 N–H and O–H groups in total. The zero-order valence-corrected chi connectivity index (χ0v) is 20.8. The van der Waals surface area contributed by atoms with Gasteiger partial charge in [0.05, 0.1) is 0 Å². The maximum absolute atomic E-state index is 12.6. The van der Waals surface area contributed by atoms with E-state index >= 15 is 0 Å². The van der Waals surface area contributed by atoms with E-state index in [-0.39, 0.29) is 19.8 Å². The molecule has 0 unspecified atom stereocenters. The first-order valence-corrected chi connectivity index (χ1v) is 12.2. The number of carbonyl (C=O) groups is 2. The molecule has 192 valence electrons. The van der Waals surface area contributed by atoms with Gasteiger partial charge in [-0.15, -0.1) is 0 Å². The Hall–Kier alpha value is -4.78. The van der Waals surface area contributed by atoms with Crippen LogP contribution in [0.5, 0.6) is 11.5 Å². The third-order valence-electron chi connectivity index (χ3n) is 6.47. The van der Waals surface area contributed by atoms with Gasteiger partial charge in [-0.1, -0.05) is 91.0 Å². The summed E-state index contributed by atoms with van der Waals surface area (Å²) in [4.78, 5) is 25.1. The molecule has 0 aliphatic carbocycles. The van der Waals surface area contributed by atoms with Crippen molar-refractivity contribution in [2.24, 2.45) is 0 Å². The lowest BCUT2D eigenvalue weighted by molar-refractivity contribution is -0.143. The molecule has 4 aromatic rings. The molecule has 2 aliphatic heterocycles. The van der Waals surface area contributed by atoms with Crippen molar-refractivity contribution < 1.29 is 28.9 Å². The molecule has 2 bridgehead atoms. The first kappa shape index (κ1) is 24.9. The number of carbonyl (C=O) groups excluding carboxylic acids is 1. The third-order valence-corrected chi connectivity index (χ3v) is 6.47. The largest absolute Gasteiger partial charge is 0.480 e. The fourth-order valence-electron chi connectivity index (χ4n) is 4.57. The van der Waals surface area contributed by atoms with E-state index in [2.05, 4.69) is 5.32 Å². The second-order valence-electron chi connectivity index (χ2n) is 9.25. The third kappa shape index (κ3) is 5.18. The maximum Gasteiger partial charge on any atom is 0.408 e. The fourth-order valence-corrected chi connectivity index (χ4v) is 4.57. The van der Waals surface area contributed by atoms with Gasteiger partial charge in [-0.3, -0.25) is 0 Å². The van der Waals surface area contributed by atoms with Gasteiger partial charge in [-0.2, -0.15) is 0 Å². The number of amides is 1. The summed E-state index contributed by atoms with van der Waals surface area (Å²) in [6.45, 7) is 1.46. The number of fused-ring (bicyclic) bond motifs is 4. The summed E-state index contributed by atoms with van der Waals surface area (Å²) in [5, 5.41) is 12.7. The van der Waals surface area contributed by atoms with Crippen molar-refractivity contribution in [3.8, 4) is 33.8 Å². The minimum Gasteiger partial charge on any atom is -0.480 e. The first-order chi connectivity index (χ1) is 18.4. The van der Waals surface area contributed by atoms with Gasteiger partial charge in [0.2, 0.25) is 6.79 Å². The van der Waals surface area contributed by atoms with Gasteiger partial charge in [0.1, 0.15) is 23.6 Å². The van der Waals surface area contributed by atoms with Crippen LogP contribution in [0.2, 0.25) is 0 Å². The predicted octanol–water partition coefficient (Wildman–Crippen LogP) is 6.06. The number of nitrogens with one attached hydrogen (secondary N) is 1. The van der Waals surface area contributed by atoms with Gasteiger partial charge in [-0.05, 0) is 29.7 Å². The molecule has 1 atom stereocenters. The van der Waals surface area contributed by atoms with E-state index in [1.54, 1.807) is 6.07 Å². The Balaban J connectivity index is 1.52. The highest BCUT2D eigenvalue weighted by molar-refractivity contribution is 5.93. The van der Waals surface area contributed by atoms with E-state index in [9.17, 15) is 14.7 Å². The molecule has 7 heteroatoms. The molecule has 4 aromatic carbocycles. The summed E-state index contributed by atoms with van der Waals surface area (Å²) in [5.74, 6) is -0.107. The Morgan fingerprint density at radius 3 is 2.05 bits per heavy atom. The molecular weight excluding hydrogens is 482 g/mol. The molecule has 7 nitrogen and oxygen atoms in total. The topological polar surface area (TPSA) is 94.1 Å². The average Bonchev–Trinajstić information content (AvgIpc) is 3.25. The van der Waals surface area contributed by atoms with Crippen LogP contribution in [0.25, 0.3) is 22.3 Å². The summed E-state index contributed by atoms with van der Waals surface area (Å²) < 4.78 is 17.3. The fraction of sp³-hybridized carbons (Fsp3) is 0.161. The van der Waals surface area contributed by atoms with Crippen molar-refractivity contribution in [1.29, 1.82) is 0 Å². The summed E-state index contributed by atoms with van der Waals surface area (Å²) >= 11 is 0. The molecule has 0 spiro atoms. The molecule has 2 aliphatic rings. The van der Waals surface area contributed by atoms with Crippen molar-refractivity contribution in [1.82, 2.24) is 5.32 Å². The van der Waals surface area contributed by atoms with Gasteiger partial charge >= 0.3 is 12.1 Å². The van der Waals surface area contributed by atoms with Crippen molar-refractivity contribution >= 4 is 12.1 Å². The van der Waals surface area contributed by atoms with Gasteiger partial charge in [0, 0.05) is 23.1 Å². The Morgan fingerprint density at radius 1 is 0.868 bits per heavy atom. The average molecular weight is 510 g/mol. The zero-order valence-electron chi connectivity index (χ0n) is 20.8. The van der Waals surface area contributed by atoms with E-state index in [0.29, 0.717) is 17.1 Å². The lowest BCUT2D eigenvalue weighted by Crippen LogP contribution is -2.54. The number of carboxylic acids is 1. The van der Waals surface area contributed by atoms with Gasteiger partial charge in [-0.25, -0.2) is 9.59 Å². The van der Waals surface area contributed by atoms with E-state index < -0.39 is 17.6 Å². The van der Waals surface area contributed by atoms with Crippen LogP contribution in [0.15, 0.2) is 97.1 Å². The van der Waals surface area contributed by atoms with Crippen molar-refractivity contribution in [3.63, 3.8) is 0 Å². The highest BCUT2D eigenvalue weighted by Gasteiger charge is 2.38. The minimum atomic E-state index is -1.67. The molecule has 6 rings (SSSR count). The van der Waals surface area contributed by atoms with Crippen molar-refractivity contribution in [3.05, 3.63) is 108 Å². The standard InChI is InChI=1S/C31H27NO6/c1-31(29(33)34,32-30(35)36-19-21-11-5-2-6-12-21)18-24-17-25-26(22-13-7-3-8-14-22)27(28(24)38-20-37-25)23-15-9-4-10-16-23/h2-17H,18-20H2,1H3,(H,32,35)(H,33,34)/t31-/m0/s1. The highest BCUT2D eigenvalue weighted by Crippen LogP contribution is 2.49. The highest BCUT2D eigenvalue weighted by atomic mass is 16.7. The van der Waals surface area contributed by atoms with Crippen LogP contribution >= 0.6 is 0 Å². The molecule has 0 radical (unpaired) electrons. The molecule has 1 amide bonds. The lowest BCUT2D eigenvalue weighted by atomic mass is 9.86. The summed E-state index contributed by atoms with van der Waals surface area (Å²) in [6, 6.07) is 30.6. The molecule has 0 saturated heterocycles. The van der Waals surface area contributed by atoms with Gasteiger partial charge in [0.15, 0.2) is 0 Å². The van der Waals surface area contributed by atoms with Crippen molar-refractivity contribution in [2.75, 3.05) is 6.79 Å². The Kier molecular flexibility index (Phi) is 7.00. The number of alkyl carbamates (subject to hydrolysis) is 1. The van der Waals surface area contributed by atoms with Crippen LogP contribution in [0.1, 0.15) is 18.1 Å². The SMILES string of the molecule is C[C@@](Cc1cc2c(-c3ccccc3)c(-c3ccccc3)c1OCO2)(NC(=O)OCc1ccccc1)C(=O)O. The Bertz CT molecular complexity index is 1440. The number of aliphatic carboxylic acids is 1. The second kappa shape index (κ2) is 10.7. The predicted molar refractivity (Wildman–Crippen MR) is 143 cm³/mol. The first-order valence-electron chi connectivity index (χ1n) is 12.2. The zero-order chi connectivity index (χ0) is 26.5. The second-order valence-corrected chi connectivity index (χ2v) is 9.25. The number of rotatable bonds is 8. The molecule has 0 aromatic heterocycles. The molecule has 0 fully saturated rings. The molecular formula is C31H27NO6. The van der Waals surface area contributed by atoms with Crippen LogP contribution < -0.4 is 14.8 Å². The maximum atomic E-state index is 12.6. The van der Waals surface area contributed by atoms with Crippen LogP contribution in [0.3, 0.4) is 0 Å². The normalized spacial score (nSPS) is 13.4. The van der Waals surface area contributed by atoms with Crippen molar-refractivity contribution in [2.45, 2.75) is 25.5 Å². The Labute approximate surface area is 220 Å². The molecule has 2 heterocycles. The number of carboxylic acid groups (broad SMARTS) is 1. The number of hydrogen-bond donors (Lipinski definition) is 2. The summed E-state index contributed by atoms with van der Waals surface area (Å²) in [7, 11) is 0. The van der Waals surface area contributed by atoms with E-state index in [0.717, 1.165) is 27.8 Å². The van der Waals surface area contributed by atoms with Crippen LogP contribution in [0.4, 0.5) is 4.79 Å². The van der Waals surface area contributed by atoms with Crippen LogP contribution in [-0.4, -0.2) is 29.5 Å². The van der Waals surface area contributed by atoms with Crippen LogP contribution in [-0.2, 0) is 22.6 Å². The van der Waals surface area contributed by atoms with E-state index in [4.69, 9.17) is 14.2 Å². The molecule has 0 saturated carbocycles. The van der Waals surface area contributed by atoms with Crippen LogP contribution in [0, 0.1) is 0 Å². The van der Waals surface area contributed by atoms with E-state index in [1.807, 2.05) is 91.0 Å². The van der Waals surface area contributed by atoms with Gasteiger partial charge < -0.3 is 24.6 Å². The number of benzene rings is 4. The van der Waals surface area contributed by atoms with E-state index in [1.165, 1.54) is 6.92 Å². The molecule has 38 heavy (non-hydrogen) atoms. The smallest absolute Gasteiger partial charge is 0.408 e. The lowest BCUT2D eigenvalue weighted by Gasteiger charge is -2.27. The number of hydrogen-bond acceptors (Lipinski definition) is 5. The summed E-state index contributed by atoms with van der Waals surface area (Å²) in [5.41, 5.74) is 3.25.